The lowest BCUT2D eigenvalue weighted by Gasteiger charge is -2.27. The minimum absolute atomic E-state index is 0.285. The van der Waals surface area contributed by atoms with Gasteiger partial charge in [-0.25, -0.2) is 4.68 Å². The van der Waals surface area contributed by atoms with E-state index in [1.807, 2.05) is 44.2 Å². The zero-order valence-corrected chi connectivity index (χ0v) is 20.3. The van der Waals surface area contributed by atoms with Crippen LogP contribution in [0.2, 0.25) is 0 Å². The van der Waals surface area contributed by atoms with Crippen molar-refractivity contribution in [2.75, 3.05) is 17.7 Å². The Morgan fingerprint density at radius 1 is 1.06 bits per heavy atom. The Labute approximate surface area is 203 Å². The summed E-state index contributed by atoms with van der Waals surface area (Å²) in [6.07, 6.45) is 0. The third-order valence-electron chi connectivity index (χ3n) is 6.25. The molecule has 5 rings (SSSR count). The highest BCUT2D eigenvalue weighted by Crippen LogP contribution is 2.38. The summed E-state index contributed by atoms with van der Waals surface area (Å²) in [5.41, 5.74) is 5.00. The minimum atomic E-state index is -0.595. The Balaban J connectivity index is 1.59. The van der Waals surface area contributed by atoms with Gasteiger partial charge in [-0.15, -0.1) is 5.10 Å². The first-order chi connectivity index (χ1) is 16.9. The van der Waals surface area contributed by atoms with Crippen molar-refractivity contribution in [1.82, 2.24) is 14.8 Å². The van der Waals surface area contributed by atoms with Crippen molar-refractivity contribution >= 4 is 17.5 Å². The minimum Gasteiger partial charge on any atom is -0.495 e. The Morgan fingerprint density at radius 2 is 1.86 bits per heavy atom. The zero-order valence-electron chi connectivity index (χ0n) is 20.3. The Hall–Kier alpha value is -4.33. The summed E-state index contributed by atoms with van der Waals surface area (Å²) in [6.45, 7) is 7.86. The first-order valence-electron chi connectivity index (χ1n) is 11.4. The number of carbonyl (C=O) groups excluding carboxylic acids is 1. The standard InChI is InChI=1S/C27H27N5O3/c1-15-10-12-19(14-16(15)2)25-30-27-28-18(4)23(24(32(27)31-25)22-13-11-17(3)35-22)26(33)29-20-8-6-7-9-21(20)34-5/h6-14,24H,1-5H3,(H,29,33)(H,28,30,31). The van der Waals surface area contributed by atoms with E-state index in [0.717, 1.165) is 16.9 Å². The topological polar surface area (TPSA) is 94.2 Å². The maximum Gasteiger partial charge on any atom is 0.256 e. The Bertz CT molecular complexity index is 1460. The zero-order chi connectivity index (χ0) is 24.7. The molecule has 0 fully saturated rings. The van der Waals surface area contributed by atoms with Gasteiger partial charge < -0.3 is 19.8 Å². The van der Waals surface area contributed by atoms with Crippen LogP contribution in [0, 0.1) is 20.8 Å². The molecule has 0 saturated carbocycles. The number of allylic oxidation sites excluding steroid dienone is 1. The molecular formula is C27H27N5O3. The van der Waals surface area contributed by atoms with Gasteiger partial charge in [-0.2, -0.15) is 4.98 Å². The highest BCUT2D eigenvalue weighted by atomic mass is 16.5. The molecule has 1 atom stereocenters. The van der Waals surface area contributed by atoms with Crippen molar-refractivity contribution in [3.05, 3.63) is 88.5 Å². The maximum absolute atomic E-state index is 13.6. The lowest BCUT2D eigenvalue weighted by molar-refractivity contribution is -0.113. The summed E-state index contributed by atoms with van der Waals surface area (Å²) in [5, 5.41) is 11.1. The van der Waals surface area contributed by atoms with Crippen molar-refractivity contribution < 1.29 is 13.9 Å². The molecule has 1 amide bonds. The number of hydrogen-bond acceptors (Lipinski definition) is 6. The van der Waals surface area contributed by atoms with Gasteiger partial charge in [-0.1, -0.05) is 24.3 Å². The van der Waals surface area contributed by atoms with E-state index in [0.29, 0.717) is 40.2 Å². The molecular weight excluding hydrogens is 442 g/mol. The molecule has 2 aromatic heterocycles. The summed E-state index contributed by atoms with van der Waals surface area (Å²) in [4.78, 5) is 18.4. The van der Waals surface area contributed by atoms with Crippen LogP contribution in [0.3, 0.4) is 0 Å². The van der Waals surface area contributed by atoms with Gasteiger partial charge in [0.05, 0.1) is 18.4 Å². The molecule has 0 saturated heterocycles. The number of nitrogens with one attached hydrogen (secondary N) is 2. The van der Waals surface area contributed by atoms with Gasteiger partial charge in [0.2, 0.25) is 5.95 Å². The second-order valence-corrected chi connectivity index (χ2v) is 8.67. The summed E-state index contributed by atoms with van der Waals surface area (Å²) in [7, 11) is 1.57. The van der Waals surface area contributed by atoms with Crippen molar-refractivity contribution in [2.24, 2.45) is 0 Å². The number of ether oxygens (including phenoxy) is 1. The monoisotopic (exact) mass is 469 g/mol. The predicted molar refractivity (Wildman–Crippen MR) is 134 cm³/mol. The number of furan rings is 1. The SMILES string of the molecule is COc1ccccc1NC(=O)C1=C(C)Nc2nc(-c3ccc(C)c(C)c3)nn2C1c1ccc(C)o1. The third kappa shape index (κ3) is 4.07. The molecule has 8 heteroatoms. The van der Waals surface area contributed by atoms with Crippen LogP contribution >= 0.6 is 0 Å². The predicted octanol–water partition coefficient (Wildman–Crippen LogP) is 5.40. The molecule has 4 aromatic rings. The number of anilines is 2. The number of amides is 1. The van der Waals surface area contributed by atoms with Crippen molar-refractivity contribution in [1.29, 1.82) is 0 Å². The molecule has 0 radical (unpaired) electrons. The van der Waals surface area contributed by atoms with Crippen LogP contribution in [0.1, 0.15) is 35.6 Å². The number of methoxy groups -OCH3 is 1. The van der Waals surface area contributed by atoms with E-state index in [4.69, 9.17) is 19.2 Å². The molecule has 0 aliphatic carbocycles. The first kappa shape index (κ1) is 22.5. The van der Waals surface area contributed by atoms with Gasteiger partial charge in [0.1, 0.15) is 23.3 Å². The lowest BCUT2D eigenvalue weighted by Crippen LogP contribution is -2.31. The fourth-order valence-electron chi connectivity index (χ4n) is 4.25. The summed E-state index contributed by atoms with van der Waals surface area (Å²) >= 11 is 0. The van der Waals surface area contributed by atoms with Gasteiger partial charge in [0.15, 0.2) is 5.82 Å². The Kier molecular flexibility index (Phi) is 5.64. The van der Waals surface area contributed by atoms with Crippen molar-refractivity contribution in [3.63, 3.8) is 0 Å². The molecule has 1 unspecified atom stereocenters. The van der Waals surface area contributed by atoms with E-state index in [2.05, 4.69) is 36.6 Å². The highest BCUT2D eigenvalue weighted by Gasteiger charge is 2.36. The number of carbonyl (C=O) groups is 1. The average molecular weight is 470 g/mol. The number of aryl methyl sites for hydroxylation is 3. The van der Waals surface area contributed by atoms with Gasteiger partial charge >= 0.3 is 0 Å². The van der Waals surface area contributed by atoms with E-state index in [1.54, 1.807) is 23.9 Å². The van der Waals surface area contributed by atoms with Gasteiger partial charge in [0, 0.05) is 11.3 Å². The lowest BCUT2D eigenvalue weighted by atomic mass is 10.00. The number of para-hydroxylation sites is 2. The van der Waals surface area contributed by atoms with E-state index >= 15 is 0 Å². The smallest absolute Gasteiger partial charge is 0.256 e. The third-order valence-corrected chi connectivity index (χ3v) is 6.25. The maximum atomic E-state index is 13.6. The molecule has 1 aliphatic rings. The number of benzene rings is 2. The van der Waals surface area contributed by atoms with E-state index < -0.39 is 6.04 Å². The molecule has 0 bridgehead atoms. The van der Waals surface area contributed by atoms with Crippen LogP contribution in [0.4, 0.5) is 11.6 Å². The van der Waals surface area contributed by atoms with Crippen LogP contribution in [-0.4, -0.2) is 27.8 Å². The van der Waals surface area contributed by atoms with Crippen LogP contribution < -0.4 is 15.4 Å². The molecule has 178 valence electrons. The van der Waals surface area contributed by atoms with Crippen LogP contribution in [0.5, 0.6) is 5.75 Å². The first-order valence-corrected chi connectivity index (χ1v) is 11.4. The number of fused-ring (bicyclic) bond motifs is 1. The molecule has 0 spiro atoms. The fraction of sp³-hybridized carbons (Fsp3) is 0.222. The number of nitrogens with zero attached hydrogens (tertiary/aromatic N) is 3. The van der Waals surface area contributed by atoms with Crippen molar-refractivity contribution in [3.8, 4) is 17.1 Å². The molecule has 2 N–H and O–H groups in total. The summed E-state index contributed by atoms with van der Waals surface area (Å²) < 4.78 is 13.1. The molecule has 3 heterocycles. The normalized spacial score (nSPS) is 14.9. The molecule has 35 heavy (non-hydrogen) atoms. The van der Waals surface area contributed by atoms with E-state index in [1.165, 1.54) is 5.56 Å². The fourth-order valence-corrected chi connectivity index (χ4v) is 4.25. The molecule has 2 aromatic carbocycles. The van der Waals surface area contributed by atoms with Gasteiger partial charge in [0.25, 0.3) is 5.91 Å². The number of rotatable bonds is 5. The van der Waals surface area contributed by atoms with E-state index in [-0.39, 0.29) is 5.91 Å². The summed E-state index contributed by atoms with van der Waals surface area (Å²) in [5.74, 6) is 2.76. The molecule has 8 nitrogen and oxygen atoms in total. The van der Waals surface area contributed by atoms with Crippen LogP contribution in [0.25, 0.3) is 11.4 Å². The van der Waals surface area contributed by atoms with Crippen LogP contribution in [-0.2, 0) is 4.79 Å². The van der Waals surface area contributed by atoms with Crippen LogP contribution in [0.15, 0.2) is 70.3 Å². The highest BCUT2D eigenvalue weighted by molar-refractivity contribution is 6.06. The second-order valence-electron chi connectivity index (χ2n) is 8.67. The molecule has 1 aliphatic heterocycles. The van der Waals surface area contributed by atoms with E-state index in [9.17, 15) is 4.79 Å². The number of aromatic nitrogens is 3. The van der Waals surface area contributed by atoms with Gasteiger partial charge in [-0.3, -0.25) is 4.79 Å². The Morgan fingerprint density at radius 3 is 2.57 bits per heavy atom. The number of hydrogen-bond donors (Lipinski definition) is 2. The summed E-state index contributed by atoms with van der Waals surface area (Å²) in [6, 6.07) is 16.6. The van der Waals surface area contributed by atoms with Crippen molar-refractivity contribution in [2.45, 2.75) is 33.7 Å². The average Bonchev–Trinajstić information content (AvgIpc) is 3.46. The quantitative estimate of drug-likeness (QED) is 0.406. The van der Waals surface area contributed by atoms with Gasteiger partial charge in [-0.05, 0) is 69.2 Å². The largest absolute Gasteiger partial charge is 0.495 e. The second kappa shape index (κ2) is 8.79.